The van der Waals surface area contributed by atoms with Gasteiger partial charge in [0, 0.05) is 37.8 Å². The fraction of sp³-hybridized carbons (Fsp3) is 0.286. The molecule has 3 aliphatic heterocycles. The monoisotopic (exact) mass is 698 g/mol. The van der Waals surface area contributed by atoms with Crippen LogP contribution in [0.5, 0.6) is 11.5 Å². The van der Waals surface area contributed by atoms with Crippen LogP contribution in [0.1, 0.15) is 76.4 Å². The Morgan fingerprint density at radius 3 is 2.15 bits per heavy atom. The number of phenolic OH excluding ortho intramolecular Hbond substituents is 1. The first kappa shape index (κ1) is 34.7. The second-order valence-corrected chi connectivity index (χ2v) is 13.5. The van der Waals surface area contributed by atoms with Gasteiger partial charge in [0.15, 0.2) is 0 Å². The van der Waals surface area contributed by atoms with Gasteiger partial charge in [0.1, 0.15) is 24.1 Å². The van der Waals surface area contributed by atoms with Crippen molar-refractivity contribution >= 4 is 40.5 Å². The van der Waals surface area contributed by atoms with Crippen molar-refractivity contribution in [2.45, 2.75) is 51.1 Å². The van der Waals surface area contributed by atoms with Gasteiger partial charge in [0.05, 0.1) is 11.1 Å². The molecule has 10 heteroatoms. The molecular weight excluding hydrogens is 656 g/mol. The summed E-state index contributed by atoms with van der Waals surface area (Å²) in [7, 11) is 0. The fourth-order valence-corrected chi connectivity index (χ4v) is 7.42. The van der Waals surface area contributed by atoms with E-state index in [1.165, 1.54) is 11.1 Å². The smallest absolute Gasteiger partial charge is 0.262 e. The molecule has 4 amide bonds. The number of piperidine rings is 2. The van der Waals surface area contributed by atoms with Gasteiger partial charge >= 0.3 is 0 Å². The molecule has 1 unspecified atom stereocenters. The summed E-state index contributed by atoms with van der Waals surface area (Å²) in [5.74, 6) is -0.969. The van der Waals surface area contributed by atoms with Gasteiger partial charge in [-0.15, -0.1) is 0 Å². The third-order valence-corrected chi connectivity index (χ3v) is 10.2. The molecule has 52 heavy (non-hydrogen) atoms. The molecule has 4 aromatic carbocycles. The summed E-state index contributed by atoms with van der Waals surface area (Å²) in [6.07, 6.45) is 2.89. The van der Waals surface area contributed by atoms with Gasteiger partial charge in [-0.3, -0.25) is 34.3 Å². The van der Waals surface area contributed by atoms with Gasteiger partial charge in [-0.05, 0) is 96.0 Å². The molecule has 0 bridgehead atoms. The molecule has 2 saturated heterocycles. The van der Waals surface area contributed by atoms with Gasteiger partial charge in [-0.1, -0.05) is 61.5 Å². The molecule has 1 atom stereocenters. The topological polar surface area (TPSA) is 128 Å². The van der Waals surface area contributed by atoms with Crippen LogP contribution in [0.2, 0.25) is 0 Å². The maximum Gasteiger partial charge on any atom is 0.262 e. The molecule has 0 aliphatic carbocycles. The fourth-order valence-electron chi connectivity index (χ4n) is 7.42. The number of rotatable bonds is 11. The van der Waals surface area contributed by atoms with E-state index in [0.717, 1.165) is 71.9 Å². The number of hydrogen-bond acceptors (Lipinski definition) is 8. The molecule has 266 valence electrons. The number of benzene rings is 4. The number of hydrogen-bond donors (Lipinski definition) is 3. The molecule has 7 rings (SSSR count). The van der Waals surface area contributed by atoms with Crippen LogP contribution in [0.15, 0.2) is 97.1 Å². The SMILES string of the molecule is CCC(=C(c1ccc(O)cc1)c1ccc(OCCN2CCC(Nc3ccc4c(c3)C(=O)N(C3CCC(=O)NC3=O)C4=O)CC2)cc1)c1ccccc1. The van der Waals surface area contributed by atoms with E-state index in [4.69, 9.17) is 4.74 Å². The zero-order valence-electron chi connectivity index (χ0n) is 29.1. The molecule has 0 aromatic heterocycles. The van der Waals surface area contributed by atoms with Crippen LogP contribution >= 0.6 is 0 Å². The summed E-state index contributed by atoms with van der Waals surface area (Å²) in [4.78, 5) is 53.6. The van der Waals surface area contributed by atoms with E-state index < -0.39 is 29.7 Å². The Balaban J connectivity index is 0.920. The minimum absolute atomic E-state index is 0.0888. The number of anilines is 1. The first-order chi connectivity index (χ1) is 25.3. The van der Waals surface area contributed by atoms with Gasteiger partial charge in [-0.2, -0.15) is 0 Å². The molecule has 3 N–H and O–H groups in total. The number of imide groups is 2. The van der Waals surface area contributed by atoms with E-state index in [-0.39, 0.29) is 35.8 Å². The molecule has 0 spiro atoms. The van der Waals surface area contributed by atoms with Crippen molar-refractivity contribution in [3.05, 3.63) is 125 Å². The van der Waals surface area contributed by atoms with Gasteiger partial charge in [0.25, 0.3) is 11.8 Å². The number of aromatic hydroxyl groups is 1. The zero-order valence-corrected chi connectivity index (χ0v) is 29.1. The number of carbonyl (C=O) groups excluding carboxylic acids is 4. The summed E-state index contributed by atoms with van der Waals surface area (Å²) < 4.78 is 6.17. The van der Waals surface area contributed by atoms with E-state index in [1.807, 2.05) is 30.3 Å². The van der Waals surface area contributed by atoms with Crippen LogP contribution in [-0.4, -0.2) is 76.9 Å². The van der Waals surface area contributed by atoms with Crippen LogP contribution in [0.25, 0.3) is 11.1 Å². The van der Waals surface area contributed by atoms with Crippen molar-refractivity contribution in [2.75, 3.05) is 31.6 Å². The third-order valence-electron chi connectivity index (χ3n) is 10.2. The lowest BCUT2D eigenvalue weighted by molar-refractivity contribution is -0.136. The van der Waals surface area contributed by atoms with Gasteiger partial charge < -0.3 is 15.2 Å². The van der Waals surface area contributed by atoms with Gasteiger partial charge in [-0.25, -0.2) is 0 Å². The molecule has 0 radical (unpaired) electrons. The quantitative estimate of drug-likeness (QED) is 0.126. The minimum Gasteiger partial charge on any atom is -0.508 e. The Bertz CT molecular complexity index is 2000. The number of amides is 4. The maximum atomic E-state index is 13.2. The van der Waals surface area contributed by atoms with E-state index in [1.54, 1.807) is 30.3 Å². The highest BCUT2D eigenvalue weighted by molar-refractivity contribution is 6.23. The Hall–Kier alpha value is -5.74. The number of likely N-dealkylation sites (tertiary alicyclic amines) is 1. The highest BCUT2D eigenvalue weighted by atomic mass is 16.5. The molecule has 2 fully saturated rings. The second-order valence-electron chi connectivity index (χ2n) is 13.5. The summed E-state index contributed by atoms with van der Waals surface area (Å²) in [5.41, 5.74) is 6.97. The summed E-state index contributed by atoms with van der Waals surface area (Å²) in [6.45, 7) is 5.31. The van der Waals surface area contributed by atoms with Crippen LogP contribution in [0.4, 0.5) is 5.69 Å². The largest absolute Gasteiger partial charge is 0.508 e. The molecule has 0 saturated carbocycles. The first-order valence-electron chi connectivity index (χ1n) is 17.9. The third kappa shape index (κ3) is 7.34. The highest BCUT2D eigenvalue weighted by Crippen LogP contribution is 2.36. The van der Waals surface area contributed by atoms with Crippen molar-refractivity contribution < 1.29 is 29.0 Å². The van der Waals surface area contributed by atoms with Crippen LogP contribution in [0, 0.1) is 0 Å². The highest BCUT2D eigenvalue weighted by Gasteiger charge is 2.44. The number of ether oxygens (including phenoxy) is 1. The second kappa shape index (κ2) is 15.2. The maximum absolute atomic E-state index is 13.2. The Morgan fingerprint density at radius 2 is 1.48 bits per heavy atom. The van der Waals surface area contributed by atoms with Crippen LogP contribution < -0.4 is 15.4 Å². The molecule has 4 aromatic rings. The number of carbonyl (C=O) groups is 4. The Kier molecular flexibility index (Phi) is 10.2. The minimum atomic E-state index is -0.977. The Morgan fingerprint density at radius 1 is 0.808 bits per heavy atom. The molecular formula is C42H42N4O6. The van der Waals surface area contributed by atoms with E-state index in [0.29, 0.717) is 6.61 Å². The first-order valence-corrected chi connectivity index (χ1v) is 17.9. The number of nitrogens with one attached hydrogen (secondary N) is 2. The summed E-state index contributed by atoms with van der Waals surface area (Å²) in [5, 5.41) is 15.7. The van der Waals surface area contributed by atoms with E-state index >= 15 is 0 Å². The standard InChI is InChI=1S/C42H42N4O6/c1-2-34(27-6-4-3-5-7-27)39(28-8-13-32(47)14-9-28)29-10-15-33(16-11-29)52-25-24-45-22-20-30(21-23-45)43-31-12-17-35-36(26-31)42(51)46(41(35)50)37-18-19-38(48)44-40(37)49/h3-17,26,30,37,43,47H,2,18-25H2,1H3,(H,44,48,49). The zero-order chi connectivity index (χ0) is 36.2. The lowest BCUT2D eigenvalue weighted by Crippen LogP contribution is -2.54. The van der Waals surface area contributed by atoms with E-state index in [2.05, 4.69) is 58.9 Å². The lowest BCUT2D eigenvalue weighted by atomic mass is 9.88. The van der Waals surface area contributed by atoms with E-state index in [9.17, 15) is 24.3 Å². The van der Waals surface area contributed by atoms with Gasteiger partial charge in [0.2, 0.25) is 11.8 Å². The van der Waals surface area contributed by atoms with Crippen molar-refractivity contribution in [2.24, 2.45) is 0 Å². The number of allylic oxidation sites excluding steroid dienone is 1. The predicted molar refractivity (Wildman–Crippen MR) is 199 cm³/mol. The number of fused-ring (bicyclic) bond motifs is 1. The molecule has 10 nitrogen and oxygen atoms in total. The molecule has 3 heterocycles. The average Bonchev–Trinajstić information content (AvgIpc) is 3.40. The number of nitrogens with zero attached hydrogens (tertiary/aromatic N) is 2. The van der Waals surface area contributed by atoms with Crippen molar-refractivity contribution in [1.82, 2.24) is 15.1 Å². The lowest BCUT2D eigenvalue weighted by Gasteiger charge is -2.32. The average molecular weight is 699 g/mol. The number of phenols is 1. The summed E-state index contributed by atoms with van der Waals surface area (Å²) >= 11 is 0. The van der Waals surface area contributed by atoms with Crippen molar-refractivity contribution in [3.8, 4) is 11.5 Å². The van der Waals surface area contributed by atoms with Crippen molar-refractivity contribution in [1.29, 1.82) is 0 Å². The predicted octanol–water partition coefficient (Wildman–Crippen LogP) is 6.12. The Labute approximate surface area is 303 Å². The van der Waals surface area contributed by atoms with Crippen LogP contribution in [0.3, 0.4) is 0 Å². The molecule has 3 aliphatic rings. The van der Waals surface area contributed by atoms with Crippen molar-refractivity contribution in [3.63, 3.8) is 0 Å². The van der Waals surface area contributed by atoms with Crippen LogP contribution in [-0.2, 0) is 9.59 Å². The summed E-state index contributed by atoms with van der Waals surface area (Å²) in [6, 6.07) is 30.4. The normalized spacial score (nSPS) is 18.6.